The molecule has 45 heavy (non-hydrogen) atoms. The number of hydrogen-bond donors (Lipinski definition) is 1. The monoisotopic (exact) mass is 714 g/mol. The maximum absolute atomic E-state index is 15.2. The van der Waals surface area contributed by atoms with Gasteiger partial charge in [0.15, 0.2) is 0 Å². The van der Waals surface area contributed by atoms with Crippen LogP contribution in [0.15, 0.2) is 70.8 Å². The fourth-order valence-corrected chi connectivity index (χ4v) is 6.35. The number of nitrogens with one attached hydrogen (secondary N) is 1. The molecule has 0 aliphatic heterocycles. The van der Waals surface area contributed by atoms with Crippen molar-refractivity contribution in [3.63, 3.8) is 0 Å². The summed E-state index contributed by atoms with van der Waals surface area (Å²) in [6.45, 7) is 4.30. The summed E-state index contributed by atoms with van der Waals surface area (Å²) >= 11 is 4.96. The summed E-state index contributed by atoms with van der Waals surface area (Å²) in [5, 5.41) is 6.53. The van der Waals surface area contributed by atoms with Gasteiger partial charge in [0.25, 0.3) is 0 Å². The molecule has 8 nitrogen and oxygen atoms in total. The molecule has 0 bridgehead atoms. The van der Waals surface area contributed by atoms with Crippen molar-refractivity contribution in [2.75, 3.05) is 18.5 Å². The van der Waals surface area contributed by atoms with Crippen molar-refractivity contribution in [1.82, 2.24) is 15.0 Å². The number of aromatic nitrogens is 3. The number of halogens is 3. The van der Waals surface area contributed by atoms with Gasteiger partial charge in [0.1, 0.15) is 36.1 Å². The molecule has 0 fully saturated rings. The second-order valence-corrected chi connectivity index (χ2v) is 13.2. The van der Waals surface area contributed by atoms with Gasteiger partial charge in [-0.3, -0.25) is 0 Å². The minimum absolute atomic E-state index is 0.0725. The van der Waals surface area contributed by atoms with Crippen molar-refractivity contribution >= 4 is 64.8 Å². The summed E-state index contributed by atoms with van der Waals surface area (Å²) in [6, 6.07) is 14.7. The molecule has 13 heteroatoms. The van der Waals surface area contributed by atoms with E-state index in [1.807, 2.05) is 31.4 Å². The van der Waals surface area contributed by atoms with Crippen LogP contribution in [-0.2, 0) is 28.1 Å². The normalized spacial score (nSPS) is 11.2. The fourth-order valence-electron chi connectivity index (χ4n) is 4.45. The number of nitrogens with zero attached hydrogens (tertiary/aromatic N) is 3. The summed E-state index contributed by atoms with van der Waals surface area (Å²) in [4.78, 5) is 13.6. The Morgan fingerprint density at radius 1 is 1.09 bits per heavy atom. The molecule has 234 valence electrons. The van der Waals surface area contributed by atoms with E-state index in [4.69, 9.17) is 9.47 Å². The molecule has 0 atom stereocenters. The van der Waals surface area contributed by atoms with Gasteiger partial charge in [-0.05, 0) is 70.2 Å². The van der Waals surface area contributed by atoms with Crippen LogP contribution in [0.4, 0.5) is 20.3 Å². The number of benzene rings is 3. The Bertz CT molecular complexity index is 1960. The molecular weight excluding hydrogens is 686 g/mol. The predicted octanol–water partition coefficient (Wildman–Crippen LogP) is 7.77. The van der Waals surface area contributed by atoms with E-state index in [-0.39, 0.29) is 24.9 Å². The van der Waals surface area contributed by atoms with E-state index in [1.54, 1.807) is 24.3 Å². The second kappa shape index (κ2) is 15.0. The molecule has 2 heterocycles. The molecule has 0 radical (unpaired) electrons. The van der Waals surface area contributed by atoms with Crippen molar-refractivity contribution in [2.24, 2.45) is 5.92 Å². The topological polar surface area (TPSA) is 103 Å². The molecule has 5 aromatic rings. The van der Waals surface area contributed by atoms with Gasteiger partial charge in [0, 0.05) is 41.1 Å². The Kier molecular flexibility index (Phi) is 10.9. The molecule has 1 N–H and O–H groups in total. The minimum atomic E-state index is -2.26. The van der Waals surface area contributed by atoms with Crippen molar-refractivity contribution in [3.8, 4) is 17.0 Å². The molecule has 0 spiro atoms. The van der Waals surface area contributed by atoms with Crippen LogP contribution >= 0.6 is 27.3 Å². The lowest BCUT2D eigenvalue weighted by atomic mass is 10.1. The van der Waals surface area contributed by atoms with Gasteiger partial charge >= 0.3 is 0 Å². The molecule has 0 aliphatic carbocycles. The summed E-state index contributed by atoms with van der Waals surface area (Å²) in [6.07, 6.45) is 2.63. The maximum Gasteiger partial charge on any atom is 0.215 e. The Labute approximate surface area is 273 Å². The molecule has 5 rings (SSSR count). The Balaban J connectivity index is 1.26. The number of thiazole rings is 1. The molecular formula is C32H29BrF2N4O4S2. The molecule has 0 amide bonds. The maximum atomic E-state index is 15.2. The predicted molar refractivity (Wildman–Crippen MR) is 177 cm³/mol. The van der Waals surface area contributed by atoms with Gasteiger partial charge in [0.05, 0.1) is 32.2 Å². The van der Waals surface area contributed by atoms with E-state index < -0.39 is 16.1 Å². The van der Waals surface area contributed by atoms with Crippen LogP contribution in [0.2, 0.25) is 0 Å². The van der Waals surface area contributed by atoms with Gasteiger partial charge < -0.3 is 14.8 Å². The average molecular weight is 716 g/mol. The average Bonchev–Trinajstić information content (AvgIpc) is 3.46. The minimum Gasteiger partial charge on any atom is -0.488 e. The van der Waals surface area contributed by atoms with Crippen LogP contribution in [-0.4, -0.2) is 41.4 Å². The van der Waals surface area contributed by atoms with Crippen LogP contribution < -0.4 is 10.1 Å². The summed E-state index contributed by atoms with van der Waals surface area (Å²) in [5.41, 5.74) is 2.70. The number of ether oxygens (including phenoxy) is 2. The number of aryl methyl sites for hydroxylation is 1. The van der Waals surface area contributed by atoms with Gasteiger partial charge in [-0.15, -0.1) is 11.3 Å². The summed E-state index contributed by atoms with van der Waals surface area (Å²) in [5.74, 6) is 0.206. The van der Waals surface area contributed by atoms with Crippen LogP contribution in [0.5, 0.6) is 5.75 Å². The zero-order chi connectivity index (χ0) is 31.9. The van der Waals surface area contributed by atoms with Gasteiger partial charge in [0.2, 0.25) is 10.3 Å². The quantitative estimate of drug-likeness (QED) is 0.0975. The highest BCUT2D eigenvalue weighted by molar-refractivity contribution is 9.10. The highest BCUT2D eigenvalue weighted by Crippen LogP contribution is 2.34. The van der Waals surface area contributed by atoms with E-state index in [0.29, 0.717) is 73.8 Å². The lowest BCUT2D eigenvalue weighted by molar-refractivity contribution is 0.168. The largest absolute Gasteiger partial charge is 0.488 e. The third-order valence-electron chi connectivity index (χ3n) is 6.81. The van der Waals surface area contributed by atoms with Crippen molar-refractivity contribution < 1.29 is 26.7 Å². The van der Waals surface area contributed by atoms with E-state index in [2.05, 4.69) is 36.2 Å². The Hall–Kier alpha value is -3.78. The fraction of sp³-hybridized carbons (Fsp3) is 0.250. The van der Waals surface area contributed by atoms with Crippen LogP contribution in [0.25, 0.3) is 22.2 Å². The molecule has 0 aliphatic rings. The molecule has 0 saturated heterocycles. The second-order valence-electron chi connectivity index (χ2n) is 10.4. The SMILES string of the molecule is CC(C)C(COCCCc1nc(-c2cc3c(Nc4ccc(OCc5cccc(F)c5)c(Br)c4)ncnc3cc2F)cs1)=S(=O)=O. The first-order chi connectivity index (χ1) is 21.7. The van der Waals surface area contributed by atoms with Crippen molar-refractivity contribution in [2.45, 2.75) is 33.3 Å². The zero-order valence-electron chi connectivity index (χ0n) is 24.4. The highest BCUT2D eigenvalue weighted by atomic mass is 79.9. The van der Waals surface area contributed by atoms with E-state index in [9.17, 15) is 12.8 Å². The van der Waals surface area contributed by atoms with Crippen LogP contribution in [0, 0.1) is 17.6 Å². The first kappa shape index (κ1) is 32.6. The summed E-state index contributed by atoms with van der Waals surface area (Å²) < 4.78 is 63.4. The molecule has 2 aromatic heterocycles. The number of rotatable bonds is 13. The van der Waals surface area contributed by atoms with Gasteiger partial charge in [-0.2, -0.15) is 8.42 Å². The number of fused-ring (bicyclic) bond motifs is 1. The molecule has 0 unspecified atom stereocenters. The van der Waals surface area contributed by atoms with Crippen LogP contribution in [0.1, 0.15) is 30.8 Å². The van der Waals surface area contributed by atoms with E-state index >= 15 is 4.39 Å². The smallest absolute Gasteiger partial charge is 0.215 e. The third kappa shape index (κ3) is 8.48. The standard InChI is InChI=1S/C32H29BrF2N4O4S2/c1-19(2)30(45(40)41)16-42-10-4-7-31-39-28(17-44-31)23-13-24-27(14-26(23)35)36-18-37-32(24)38-22-8-9-29(25(33)12-22)43-15-20-5-3-6-21(34)11-20/h3,5-6,8-9,11-14,17-19H,4,7,10,15-16H2,1-2H3,(H,36,37,38). The third-order valence-corrected chi connectivity index (χ3v) is 9.36. The van der Waals surface area contributed by atoms with E-state index in [1.165, 1.54) is 35.9 Å². The van der Waals surface area contributed by atoms with Crippen molar-refractivity contribution in [1.29, 1.82) is 0 Å². The van der Waals surface area contributed by atoms with Crippen LogP contribution in [0.3, 0.4) is 0 Å². The lowest BCUT2D eigenvalue weighted by Gasteiger charge is -2.13. The first-order valence-corrected chi connectivity index (χ1v) is 16.8. The Morgan fingerprint density at radius 3 is 2.69 bits per heavy atom. The molecule has 0 saturated carbocycles. The van der Waals surface area contributed by atoms with Gasteiger partial charge in [-0.25, -0.2) is 23.7 Å². The van der Waals surface area contributed by atoms with Gasteiger partial charge in [-0.1, -0.05) is 26.0 Å². The van der Waals surface area contributed by atoms with Crippen molar-refractivity contribution in [3.05, 3.63) is 93.0 Å². The first-order valence-electron chi connectivity index (χ1n) is 14.0. The highest BCUT2D eigenvalue weighted by Gasteiger charge is 2.15. The molecule has 3 aromatic carbocycles. The summed E-state index contributed by atoms with van der Waals surface area (Å²) in [7, 11) is -2.26. The number of hydrogen-bond acceptors (Lipinski definition) is 9. The Morgan fingerprint density at radius 2 is 1.93 bits per heavy atom. The lowest BCUT2D eigenvalue weighted by Crippen LogP contribution is -2.17. The number of anilines is 2. The zero-order valence-corrected chi connectivity index (χ0v) is 27.6. The van der Waals surface area contributed by atoms with E-state index in [0.717, 1.165) is 5.01 Å².